The summed E-state index contributed by atoms with van der Waals surface area (Å²) in [5, 5.41) is 0. The first-order valence-electron chi connectivity index (χ1n) is 9.78. The molecule has 0 bridgehead atoms. The summed E-state index contributed by atoms with van der Waals surface area (Å²) in [5.41, 5.74) is 6.96. The van der Waals surface area contributed by atoms with Crippen LogP contribution in [0.4, 0.5) is 0 Å². The average molecular weight is 331 g/mol. The van der Waals surface area contributed by atoms with E-state index < -0.39 is 0 Å². The van der Waals surface area contributed by atoms with Crippen molar-refractivity contribution < 1.29 is 0 Å². The zero-order valence-electron chi connectivity index (χ0n) is 18.6. The second kappa shape index (κ2) is 6.50. The van der Waals surface area contributed by atoms with Gasteiger partial charge in [0.15, 0.2) is 0 Å². The predicted molar refractivity (Wildman–Crippen MR) is 110 cm³/mol. The van der Waals surface area contributed by atoms with Gasteiger partial charge >= 0.3 is 0 Å². The summed E-state index contributed by atoms with van der Waals surface area (Å²) in [6.45, 7) is 28.5. The minimum absolute atomic E-state index is 0.144. The molecule has 0 fully saturated rings. The lowest BCUT2D eigenvalue weighted by molar-refractivity contribution is 0.435. The van der Waals surface area contributed by atoms with Gasteiger partial charge in [-0.05, 0) is 56.8 Å². The lowest BCUT2D eigenvalue weighted by Crippen LogP contribution is -2.33. The second-order valence-electron chi connectivity index (χ2n) is 10.9. The molecule has 0 heteroatoms. The Labute approximate surface area is 152 Å². The maximum absolute atomic E-state index is 2.43. The first-order chi connectivity index (χ1) is 10.6. The fourth-order valence-electron chi connectivity index (χ4n) is 3.64. The molecule has 138 valence electrons. The van der Waals surface area contributed by atoms with Crippen LogP contribution < -0.4 is 0 Å². The molecule has 0 aliphatic carbocycles. The Balaban J connectivity index is 4.07. The van der Waals surface area contributed by atoms with Crippen molar-refractivity contribution in [2.75, 3.05) is 0 Å². The molecule has 0 aromatic heterocycles. The van der Waals surface area contributed by atoms with E-state index in [1.807, 2.05) is 0 Å². The van der Waals surface area contributed by atoms with E-state index in [2.05, 4.69) is 95.2 Å². The average Bonchev–Trinajstić information content (AvgIpc) is 2.43. The van der Waals surface area contributed by atoms with Crippen molar-refractivity contribution in [3.63, 3.8) is 0 Å². The molecule has 0 N–H and O–H groups in total. The quantitative estimate of drug-likeness (QED) is 0.531. The van der Waals surface area contributed by atoms with Gasteiger partial charge in [-0.15, -0.1) is 0 Å². The van der Waals surface area contributed by atoms with Crippen LogP contribution in [0.25, 0.3) is 0 Å². The summed E-state index contributed by atoms with van der Waals surface area (Å²) < 4.78 is 0. The molecule has 1 rings (SSSR count). The van der Waals surface area contributed by atoms with E-state index in [9.17, 15) is 0 Å². The largest absolute Gasteiger partial charge is 0.0646 e. The predicted octanol–water partition coefficient (Wildman–Crippen LogP) is 7.66. The van der Waals surface area contributed by atoms with Crippen molar-refractivity contribution in [1.82, 2.24) is 0 Å². The van der Waals surface area contributed by atoms with Gasteiger partial charge in [0.1, 0.15) is 0 Å². The van der Waals surface area contributed by atoms with E-state index in [0.29, 0.717) is 0 Å². The molecular weight excluding hydrogens is 288 g/mol. The van der Waals surface area contributed by atoms with Gasteiger partial charge in [-0.25, -0.2) is 0 Å². The smallest absolute Gasteiger partial charge is 0.0100 e. The van der Waals surface area contributed by atoms with Crippen LogP contribution in [0, 0.1) is 0 Å². The fourth-order valence-corrected chi connectivity index (χ4v) is 3.64. The fraction of sp³-hybridized carbons (Fsp3) is 0.750. The Bertz CT molecular complexity index is 571. The molecule has 0 saturated carbocycles. The minimum atomic E-state index is 0.144. The topological polar surface area (TPSA) is 0 Å². The van der Waals surface area contributed by atoms with Crippen LogP contribution in [0.1, 0.15) is 118 Å². The molecule has 0 radical (unpaired) electrons. The zero-order chi connectivity index (χ0) is 19.1. The van der Waals surface area contributed by atoms with Gasteiger partial charge in [0.25, 0.3) is 0 Å². The molecule has 0 heterocycles. The van der Waals surface area contributed by atoms with Gasteiger partial charge in [0.2, 0.25) is 0 Å². The number of hydrogen-bond acceptors (Lipinski definition) is 0. The van der Waals surface area contributed by atoms with Crippen LogP contribution in [0.5, 0.6) is 0 Å². The first-order valence-corrected chi connectivity index (χ1v) is 9.78. The lowest BCUT2D eigenvalue weighted by Gasteiger charge is -2.42. The standard InChI is InChI=1S/C24H42/c1-13-23(9,10)18-16-15-17(21(3,4)5)20(24(11,12)14-2)19(18)22(6,7)8/h15-16H,13-14H2,1-12H3. The molecule has 0 saturated heterocycles. The van der Waals surface area contributed by atoms with Crippen LogP contribution in [0.2, 0.25) is 0 Å². The maximum atomic E-state index is 2.43. The first kappa shape index (κ1) is 21.3. The highest BCUT2D eigenvalue weighted by atomic mass is 14.4. The van der Waals surface area contributed by atoms with E-state index in [-0.39, 0.29) is 21.7 Å². The molecule has 0 unspecified atom stereocenters. The summed E-state index contributed by atoms with van der Waals surface area (Å²) in [6, 6.07) is 4.86. The van der Waals surface area contributed by atoms with Crippen molar-refractivity contribution in [2.24, 2.45) is 0 Å². The molecule has 0 nitrogen and oxygen atoms in total. The minimum Gasteiger partial charge on any atom is -0.0646 e. The monoisotopic (exact) mass is 330 g/mol. The highest BCUT2D eigenvalue weighted by Crippen LogP contribution is 2.46. The molecular formula is C24H42. The Morgan fingerprint density at radius 3 is 1.29 bits per heavy atom. The summed E-state index contributed by atoms with van der Waals surface area (Å²) in [4.78, 5) is 0. The molecule has 0 amide bonds. The van der Waals surface area contributed by atoms with Crippen molar-refractivity contribution >= 4 is 0 Å². The van der Waals surface area contributed by atoms with Crippen LogP contribution in [-0.2, 0) is 21.7 Å². The van der Waals surface area contributed by atoms with Gasteiger partial charge in [0.05, 0.1) is 0 Å². The molecule has 0 aliphatic heterocycles. The van der Waals surface area contributed by atoms with Crippen LogP contribution >= 0.6 is 0 Å². The third kappa shape index (κ3) is 4.06. The number of rotatable bonds is 4. The summed E-state index contributed by atoms with van der Waals surface area (Å²) in [6.07, 6.45) is 2.33. The summed E-state index contributed by atoms with van der Waals surface area (Å²) in [7, 11) is 0. The second-order valence-corrected chi connectivity index (χ2v) is 10.9. The third-order valence-electron chi connectivity index (χ3n) is 5.94. The van der Waals surface area contributed by atoms with Gasteiger partial charge in [-0.3, -0.25) is 0 Å². The van der Waals surface area contributed by atoms with Gasteiger partial charge in [-0.1, -0.05) is 95.2 Å². The normalized spacial score (nSPS) is 14.2. The van der Waals surface area contributed by atoms with Crippen LogP contribution in [0.15, 0.2) is 12.1 Å². The number of hydrogen-bond donors (Lipinski definition) is 0. The SMILES string of the molecule is CCC(C)(C)c1ccc(C(C)(C)C)c(C(C)(C)CC)c1C(C)(C)C. The zero-order valence-corrected chi connectivity index (χ0v) is 18.6. The molecule has 0 atom stereocenters. The summed E-state index contributed by atoms with van der Waals surface area (Å²) >= 11 is 0. The van der Waals surface area contributed by atoms with Crippen molar-refractivity contribution in [1.29, 1.82) is 0 Å². The van der Waals surface area contributed by atoms with Gasteiger partial charge < -0.3 is 0 Å². The Morgan fingerprint density at radius 2 is 0.958 bits per heavy atom. The van der Waals surface area contributed by atoms with Crippen molar-refractivity contribution in [2.45, 2.75) is 118 Å². The molecule has 0 spiro atoms. The van der Waals surface area contributed by atoms with E-state index in [1.54, 1.807) is 16.7 Å². The van der Waals surface area contributed by atoms with Gasteiger partial charge in [0, 0.05) is 0 Å². The lowest BCUT2D eigenvalue weighted by atomic mass is 9.63. The van der Waals surface area contributed by atoms with Crippen molar-refractivity contribution in [3.8, 4) is 0 Å². The highest BCUT2D eigenvalue weighted by Gasteiger charge is 2.37. The third-order valence-corrected chi connectivity index (χ3v) is 5.94. The van der Waals surface area contributed by atoms with E-state index in [0.717, 1.165) is 12.8 Å². The van der Waals surface area contributed by atoms with Crippen LogP contribution in [0.3, 0.4) is 0 Å². The maximum Gasteiger partial charge on any atom is -0.0100 e. The molecule has 1 aromatic carbocycles. The van der Waals surface area contributed by atoms with E-state index >= 15 is 0 Å². The molecule has 0 aliphatic rings. The van der Waals surface area contributed by atoms with Crippen molar-refractivity contribution in [3.05, 3.63) is 34.4 Å². The Hall–Kier alpha value is -0.780. The van der Waals surface area contributed by atoms with E-state index in [4.69, 9.17) is 0 Å². The molecule has 1 aromatic rings. The highest BCUT2D eigenvalue weighted by molar-refractivity contribution is 5.53. The number of benzene rings is 1. The molecule has 24 heavy (non-hydrogen) atoms. The van der Waals surface area contributed by atoms with E-state index in [1.165, 1.54) is 5.56 Å². The van der Waals surface area contributed by atoms with Gasteiger partial charge in [-0.2, -0.15) is 0 Å². The van der Waals surface area contributed by atoms with Crippen LogP contribution in [-0.4, -0.2) is 0 Å². The summed E-state index contributed by atoms with van der Waals surface area (Å²) in [5.74, 6) is 0. The Kier molecular flexibility index (Phi) is 5.76. The Morgan fingerprint density at radius 1 is 0.542 bits per heavy atom.